The van der Waals surface area contributed by atoms with E-state index in [9.17, 15) is 4.79 Å². The Balaban J connectivity index is 3.73. The first-order valence-electron chi connectivity index (χ1n) is 9.13. The summed E-state index contributed by atoms with van der Waals surface area (Å²) in [5, 5.41) is 3.02. The van der Waals surface area contributed by atoms with E-state index in [0.717, 1.165) is 49.1 Å². The summed E-state index contributed by atoms with van der Waals surface area (Å²) < 4.78 is 0. The minimum atomic E-state index is 0.103. The fourth-order valence-electron chi connectivity index (χ4n) is 2.51. The number of allylic oxidation sites excluding steroid dienone is 3. The second kappa shape index (κ2) is 12.7. The lowest BCUT2D eigenvalue weighted by Gasteiger charge is -2.25. The number of amides is 1. The normalized spacial score (nSPS) is 12.3. The summed E-state index contributed by atoms with van der Waals surface area (Å²) in [7, 11) is 0. The molecular weight excluding hydrogens is 302 g/mol. The highest BCUT2D eigenvalue weighted by Gasteiger charge is 2.19. The molecule has 0 bridgehead atoms. The molecule has 0 aromatic heterocycles. The lowest BCUT2D eigenvalue weighted by atomic mass is 9.80. The molecule has 0 atom stereocenters. The van der Waals surface area contributed by atoms with Crippen LogP contribution in [-0.2, 0) is 4.79 Å². The summed E-state index contributed by atoms with van der Waals surface area (Å²) in [5.41, 5.74) is 1.24. The van der Waals surface area contributed by atoms with Gasteiger partial charge in [0.1, 0.15) is 0 Å². The van der Waals surface area contributed by atoms with Gasteiger partial charge in [0.05, 0.1) is 0 Å². The van der Waals surface area contributed by atoms with Crippen LogP contribution in [-0.4, -0.2) is 12.5 Å². The molecule has 0 radical (unpaired) electrons. The van der Waals surface area contributed by atoms with Gasteiger partial charge in [0.2, 0.25) is 5.91 Å². The van der Waals surface area contributed by atoms with E-state index in [1.807, 2.05) is 6.92 Å². The van der Waals surface area contributed by atoms with Gasteiger partial charge in [0.25, 0.3) is 0 Å². The molecule has 1 amide bonds. The van der Waals surface area contributed by atoms with Crippen LogP contribution >= 0.6 is 12.6 Å². The van der Waals surface area contributed by atoms with Crippen LogP contribution < -0.4 is 5.32 Å². The van der Waals surface area contributed by atoms with Crippen LogP contribution in [0.2, 0.25) is 0 Å². The molecule has 2 nitrogen and oxygen atoms in total. The summed E-state index contributed by atoms with van der Waals surface area (Å²) in [6.45, 7) is 13.6. The van der Waals surface area contributed by atoms with Crippen molar-refractivity contribution in [3.05, 3.63) is 23.1 Å². The summed E-state index contributed by atoms with van der Waals surface area (Å²) in [4.78, 5) is 12.7. The van der Waals surface area contributed by atoms with Crippen LogP contribution in [0.1, 0.15) is 85.5 Å². The first-order chi connectivity index (χ1) is 10.8. The molecule has 1 N–H and O–H groups in total. The van der Waals surface area contributed by atoms with E-state index in [0.29, 0.717) is 6.42 Å². The number of hydrogen-bond donors (Lipinski definition) is 2. The van der Waals surface area contributed by atoms with Crippen molar-refractivity contribution in [1.82, 2.24) is 5.32 Å². The molecule has 0 heterocycles. The maximum Gasteiger partial charge on any atom is 0.219 e. The predicted molar refractivity (Wildman–Crippen MR) is 106 cm³/mol. The Morgan fingerprint density at radius 3 is 2.39 bits per heavy atom. The van der Waals surface area contributed by atoms with Gasteiger partial charge in [-0.25, -0.2) is 0 Å². The predicted octanol–water partition coefficient (Wildman–Crippen LogP) is 6.05. The molecule has 0 rings (SSSR count). The Bertz CT molecular complexity index is 381. The number of rotatable bonds is 13. The topological polar surface area (TPSA) is 29.1 Å². The van der Waals surface area contributed by atoms with E-state index in [4.69, 9.17) is 0 Å². The van der Waals surface area contributed by atoms with Crippen LogP contribution in [0.15, 0.2) is 23.1 Å². The zero-order valence-corrected chi connectivity index (χ0v) is 16.6. The van der Waals surface area contributed by atoms with Gasteiger partial charge in [-0.1, -0.05) is 65.5 Å². The minimum absolute atomic E-state index is 0.103. The highest BCUT2D eigenvalue weighted by molar-refractivity contribution is 7.84. The van der Waals surface area contributed by atoms with Gasteiger partial charge >= 0.3 is 0 Å². The molecule has 0 aromatic carbocycles. The summed E-state index contributed by atoms with van der Waals surface area (Å²) >= 11 is 4.32. The third-order valence-electron chi connectivity index (χ3n) is 4.31. The molecular formula is C20H37NOS. The molecule has 23 heavy (non-hydrogen) atoms. The van der Waals surface area contributed by atoms with E-state index in [-0.39, 0.29) is 11.3 Å². The molecule has 0 unspecified atom stereocenters. The van der Waals surface area contributed by atoms with Gasteiger partial charge in [-0.15, -0.1) is 12.6 Å². The van der Waals surface area contributed by atoms with E-state index < -0.39 is 0 Å². The van der Waals surface area contributed by atoms with Crippen LogP contribution in [0.3, 0.4) is 0 Å². The molecule has 0 aromatic rings. The van der Waals surface area contributed by atoms with E-state index in [1.165, 1.54) is 19.3 Å². The molecule has 0 saturated carbocycles. The minimum Gasteiger partial charge on any atom is -0.356 e. The Kier molecular flexibility index (Phi) is 12.3. The Labute approximate surface area is 149 Å². The fraction of sp³-hybridized carbons (Fsp3) is 0.750. The lowest BCUT2D eigenvalue weighted by Crippen LogP contribution is -2.24. The monoisotopic (exact) mass is 339 g/mol. The van der Waals surface area contributed by atoms with Crippen molar-refractivity contribution in [3.8, 4) is 0 Å². The summed E-state index contributed by atoms with van der Waals surface area (Å²) in [5.74, 6) is 0.207. The van der Waals surface area contributed by atoms with Gasteiger partial charge in [0, 0.05) is 13.0 Å². The van der Waals surface area contributed by atoms with Crippen molar-refractivity contribution >= 4 is 18.5 Å². The van der Waals surface area contributed by atoms with Crippen molar-refractivity contribution in [2.24, 2.45) is 5.41 Å². The first-order valence-corrected chi connectivity index (χ1v) is 9.57. The third-order valence-corrected chi connectivity index (χ3v) is 4.44. The number of unbranched alkanes of at least 4 members (excludes halogenated alkanes) is 5. The van der Waals surface area contributed by atoms with E-state index in [1.54, 1.807) is 0 Å². The number of carbonyl (C=O) groups excluding carboxylic acids is 1. The number of thiol groups is 1. The second-order valence-corrected chi connectivity index (χ2v) is 7.87. The summed E-state index contributed by atoms with van der Waals surface area (Å²) in [6, 6.07) is 0. The third kappa shape index (κ3) is 12.4. The average molecular weight is 340 g/mol. The largest absolute Gasteiger partial charge is 0.356 e. The fourth-order valence-corrected chi connectivity index (χ4v) is 2.66. The highest BCUT2D eigenvalue weighted by Crippen LogP contribution is 2.33. The van der Waals surface area contributed by atoms with Gasteiger partial charge < -0.3 is 5.32 Å². The smallest absolute Gasteiger partial charge is 0.219 e. The molecule has 3 heteroatoms. The Morgan fingerprint density at radius 1 is 1.13 bits per heavy atom. The van der Waals surface area contributed by atoms with Crippen molar-refractivity contribution in [1.29, 1.82) is 0 Å². The standard InChI is InChI=1S/C20H37NOS/c1-6-7-8-12-15-21-19(22)13-10-9-11-14-20(4,5)17(2)16-18(3)23/h16,23H,2,6-15H2,1,3-5H3,(H,21,22)/b18-16+. The Hall–Kier alpha value is -0.700. The average Bonchev–Trinajstić information content (AvgIpc) is 2.45. The SMILES string of the molecule is C=C(/C=C(\C)S)C(C)(C)CCCCCC(=O)NCCCCCC. The summed E-state index contributed by atoms with van der Waals surface area (Å²) in [6.07, 6.45) is 11.8. The van der Waals surface area contributed by atoms with Gasteiger partial charge in [-0.2, -0.15) is 0 Å². The Morgan fingerprint density at radius 2 is 1.78 bits per heavy atom. The number of nitrogens with one attached hydrogen (secondary N) is 1. The zero-order chi connectivity index (χ0) is 17.7. The maximum atomic E-state index is 11.7. The number of carbonyl (C=O) groups is 1. The first kappa shape index (κ1) is 22.3. The number of hydrogen-bond acceptors (Lipinski definition) is 2. The zero-order valence-electron chi connectivity index (χ0n) is 15.7. The van der Waals surface area contributed by atoms with Crippen LogP contribution in [0.4, 0.5) is 0 Å². The van der Waals surface area contributed by atoms with E-state index >= 15 is 0 Å². The van der Waals surface area contributed by atoms with Gasteiger partial charge in [-0.05, 0) is 42.1 Å². The van der Waals surface area contributed by atoms with Crippen LogP contribution in [0.5, 0.6) is 0 Å². The van der Waals surface area contributed by atoms with Crippen molar-refractivity contribution < 1.29 is 4.79 Å². The molecule has 0 aliphatic rings. The molecule has 134 valence electrons. The van der Waals surface area contributed by atoms with Crippen LogP contribution in [0, 0.1) is 5.41 Å². The molecule has 0 aliphatic heterocycles. The van der Waals surface area contributed by atoms with Crippen molar-refractivity contribution in [2.45, 2.75) is 85.5 Å². The van der Waals surface area contributed by atoms with Gasteiger partial charge in [0.15, 0.2) is 0 Å². The quantitative estimate of drug-likeness (QED) is 0.239. The molecule has 0 fully saturated rings. The molecule has 0 saturated heterocycles. The second-order valence-electron chi connectivity index (χ2n) is 7.17. The molecule has 0 aliphatic carbocycles. The van der Waals surface area contributed by atoms with Gasteiger partial charge in [-0.3, -0.25) is 4.79 Å². The van der Waals surface area contributed by atoms with Crippen LogP contribution in [0.25, 0.3) is 0 Å². The lowest BCUT2D eigenvalue weighted by molar-refractivity contribution is -0.121. The van der Waals surface area contributed by atoms with E-state index in [2.05, 4.69) is 51.4 Å². The maximum absolute atomic E-state index is 11.7. The molecule has 0 spiro atoms. The van der Waals surface area contributed by atoms with Crippen molar-refractivity contribution in [3.63, 3.8) is 0 Å². The highest BCUT2D eigenvalue weighted by atomic mass is 32.1. The van der Waals surface area contributed by atoms with Crippen molar-refractivity contribution in [2.75, 3.05) is 6.54 Å².